The number of hydrogen-bond donors (Lipinski definition) is 1. The quantitative estimate of drug-likeness (QED) is 0.257. The molecule has 0 saturated carbocycles. The van der Waals surface area contributed by atoms with Gasteiger partial charge in [-0.3, -0.25) is 25.0 Å². The second-order valence-corrected chi connectivity index (χ2v) is 7.18. The molecule has 0 aromatic heterocycles. The van der Waals surface area contributed by atoms with Crippen LogP contribution in [0.2, 0.25) is 0 Å². The molecule has 1 aliphatic rings. The van der Waals surface area contributed by atoms with E-state index in [1.165, 1.54) is 30.3 Å². The topological polar surface area (TPSA) is 119 Å². The second kappa shape index (κ2) is 9.33. The van der Waals surface area contributed by atoms with Crippen LogP contribution >= 0.6 is 0 Å². The maximum absolute atomic E-state index is 13.3. The summed E-state index contributed by atoms with van der Waals surface area (Å²) in [4.78, 5) is 48.7. The monoisotopic (exact) mass is 461 g/mol. The van der Waals surface area contributed by atoms with Crippen LogP contribution < -0.4 is 15.0 Å². The van der Waals surface area contributed by atoms with E-state index in [0.29, 0.717) is 16.9 Å². The fraction of sp³-hybridized carbons (Fsp3) is 0.0417. The predicted octanol–water partition coefficient (Wildman–Crippen LogP) is 3.98. The van der Waals surface area contributed by atoms with Gasteiger partial charge < -0.3 is 4.74 Å². The van der Waals surface area contributed by atoms with Gasteiger partial charge in [-0.2, -0.15) is 0 Å². The largest absolute Gasteiger partial charge is 0.488 e. The number of para-hydroxylation sites is 1. The van der Waals surface area contributed by atoms with Gasteiger partial charge in [-0.05, 0) is 54.1 Å². The lowest BCUT2D eigenvalue weighted by molar-refractivity contribution is -0.384. The van der Waals surface area contributed by atoms with Crippen LogP contribution in [0, 0.1) is 15.9 Å². The first-order valence-corrected chi connectivity index (χ1v) is 9.95. The predicted molar refractivity (Wildman–Crippen MR) is 119 cm³/mol. The normalized spacial score (nSPS) is 14.8. The number of rotatable bonds is 6. The fourth-order valence-electron chi connectivity index (χ4n) is 3.24. The summed E-state index contributed by atoms with van der Waals surface area (Å²) in [5.41, 5.74) is 0.820. The van der Waals surface area contributed by atoms with Crippen molar-refractivity contribution in [2.24, 2.45) is 0 Å². The standard InChI is InChI=1S/C24H16FN3O6/c25-17-7-11-18(12-8-17)27-23(30)20(22(29)26-24(27)31)13-16-3-1-2-4-21(16)34-14-15-5-9-19(10-6-15)28(32)33/h1-13H,14H2,(H,26,29,31). The molecule has 4 rings (SSSR count). The van der Waals surface area contributed by atoms with E-state index in [-0.39, 0.29) is 23.6 Å². The summed E-state index contributed by atoms with van der Waals surface area (Å²) in [7, 11) is 0. The minimum absolute atomic E-state index is 0.0454. The molecule has 3 aromatic carbocycles. The smallest absolute Gasteiger partial charge is 0.335 e. The van der Waals surface area contributed by atoms with Crippen molar-refractivity contribution in [1.82, 2.24) is 5.32 Å². The van der Waals surface area contributed by atoms with Crippen molar-refractivity contribution in [2.75, 3.05) is 4.90 Å². The summed E-state index contributed by atoms with van der Waals surface area (Å²) in [6.07, 6.45) is 1.30. The van der Waals surface area contributed by atoms with Crippen LogP contribution in [0.25, 0.3) is 6.08 Å². The number of imide groups is 2. The van der Waals surface area contributed by atoms with Gasteiger partial charge in [0.15, 0.2) is 0 Å². The van der Waals surface area contributed by atoms with Crippen molar-refractivity contribution < 1.29 is 28.4 Å². The Hall–Kier alpha value is -4.86. The number of carbonyl (C=O) groups excluding carboxylic acids is 3. The van der Waals surface area contributed by atoms with Gasteiger partial charge in [-0.1, -0.05) is 18.2 Å². The first-order valence-electron chi connectivity index (χ1n) is 9.95. The number of nitro benzene ring substituents is 1. The fourth-order valence-corrected chi connectivity index (χ4v) is 3.24. The number of halogens is 1. The Morgan fingerprint density at radius 1 is 0.971 bits per heavy atom. The number of amides is 4. The van der Waals surface area contributed by atoms with Crippen LogP contribution in [0.4, 0.5) is 20.6 Å². The molecule has 9 nitrogen and oxygen atoms in total. The molecular formula is C24H16FN3O6. The van der Waals surface area contributed by atoms with Crippen molar-refractivity contribution in [3.63, 3.8) is 0 Å². The molecule has 1 heterocycles. The maximum atomic E-state index is 13.3. The van der Waals surface area contributed by atoms with Gasteiger partial charge in [0.25, 0.3) is 17.5 Å². The number of urea groups is 1. The lowest BCUT2D eigenvalue weighted by Gasteiger charge is -2.26. The molecule has 1 fully saturated rings. The molecule has 10 heteroatoms. The van der Waals surface area contributed by atoms with E-state index in [0.717, 1.165) is 17.0 Å². The van der Waals surface area contributed by atoms with Gasteiger partial charge in [0.1, 0.15) is 23.7 Å². The molecule has 0 aliphatic carbocycles. The van der Waals surface area contributed by atoms with Crippen LogP contribution in [-0.4, -0.2) is 22.8 Å². The number of nitrogens with zero attached hydrogens (tertiary/aromatic N) is 2. The number of barbiturate groups is 1. The van der Waals surface area contributed by atoms with Crippen molar-refractivity contribution in [3.05, 3.63) is 105 Å². The molecule has 0 atom stereocenters. The molecule has 3 aromatic rings. The summed E-state index contributed by atoms with van der Waals surface area (Å²) in [6, 6.07) is 16.2. The lowest BCUT2D eigenvalue weighted by atomic mass is 10.1. The molecule has 0 spiro atoms. The SMILES string of the molecule is O=C1NC(=O)N(c2ccc(F)cc2)C(=O)C1=Cc1ccccc1OCc1ccc([N+](=O)[O-])cc1. The zero-order chi connectivity index (χ0) is 24.2. The summed E-state index contributed by atoms with van der Waals surface area (Å²) >= 11 is 0. The number of benzene rings is 3. The average molecular weight is 461 g/mol. The average Bonchev–Trinajstić information content (AvgIpc) is 2.82. The zero-order valence-electron chi connectivity index (χ0n) is 17.4. The van der Waals surface area contributed by atoms with E-state index in [9.17, 15) is 28.9 Å². The summed E-state index contributed by atoms with van der Waals surface area (Å²) in [5, 5.41) is 12.9. The third-order valence-electron chi connectivity index (χ3n) is 4.95. The summed E-state index contributed by atoms with van der Waals surface area (Å²) in [6.45, 7) is 0.0819. The highest BCUT2D eigenvalue weighted by molar-refractivity contribution is 6.39. The molecule has 0 bridgehead atoms. The van der Waals surface area contributed by atoms with E-state index in [4.69, 9.17) is 4.74 Å². The first-order chi connectivity index (χ1) is 16.3. The number of nitrogens with one attached hydrogen (secondary N) is 1. The van der Waals surface area contributed by atoms with Crippen molar-refractivity contribution >= 4 is 35.3 Å². The first kappa shape index (κ1) is 22.3. The van der Waals surface area contributed by atoms with E-state index < -0.39 is 28.6 Å². The molecule has 4 amide bonds. The summed E-state index contributed by atoms with van der Waals surface area (Å²) < 4.78 is 19.1. The van der Waals surface area contributed by atoms with E-state index >= 15 is 0 Å². The van der Waals surface area contributed by atoms with Crippen LogP contribution in [0.5, 0.6) is 5.75 Å². The number of ether oxygens (including phenoxy) is 1. The molecule has 0 radical (unpaired) electrons. The molecule has 170 valence electrons. The van der Waals surface area contributed by atoms with Crippen LogP contribution in [0.3, 0.4) is 0 Å². The summed E-state index contributed by atoms with van der Waals surface area (Å²) in [5.74, 6) is -1.94. The van der Waals surface area contributed by atoms with Crippen molar-refractivity contribution in [3.8, 4) is 5.75 Å². The number of carbonyl (C=O) groups is 3. The Bertz CT molecular complexity index is 1320. The minimum Gasteiger partial charge on any atom is -0.488 e. The molecule has 1 aliphatic heterocycles. The minimum atomic E-state index is -0.943. The Kier molecular flexibility index (Phi) is 6.13. The number of non-ortho nitro benzene ring substituents is 1. The van der Waals surface area contributed by atoms with Gasteiger partial charge in [-0.25, -0.2) is 14.1 Å². The van der Waals surface area contributed by atoms with Gasteiger partial charge >= 0.3 is 6.03 Å². The van der Waals surface area contributed by atoms with E-state index in [2.05, 4.69) is 5.32 Å². The Morgan fingerprint density at radius 2 is 1.65 bits per heavy atom. The van der Waals surface area contributed by atoms with Gasteiger partial charge in [0, 0.05) is 17.7 Å². The van der Waals surface area contributed by atoms with E-state index in [1.54, 1.807) is 36.4 Å². The van der Waals surface area contributed by atoms with Gasteiger partial charge in [-0.15, -0.1) is 0 Å². The zero-order valence-corrected chi connectivity index (χ0v) is 17.4. The van der Waals surface area contributed by atoms with Crippen molar-refractivity contribution in [1.29, 1.82) is 0 Å². The lowest BCUT2D eigenvalue weighted by Crippen LogP contribution is -2.54. The van der Waals surface area contributed by atoms with Crippen molar-refractivity contribution in [2.45, 2.75) is 6.61 Å². The number of anilines is 1. The number of hydrogen-bond acceptors (Lipinski definition) is 6. The van der Waals surface area contributed by atoms with Crippen LogP contribution in [0.1, 0.15) is 11.1 Å². The third-order valence-corrected chi connectivity index (χ3v) is 4.95. The molecule has 1 saturated heterocycles. The van der Waals surface area contributed by atoms with Gasteiger partial charge in [0.2, 0.25) is 0 Å². The van der Waals surface area contributed by atoms with Crippen LogP contribution in [0.15, 0.2) is 78.4 Å². The Labute approximate surface area is 192 Å². The molecule has 34 heavy (non-hydrogen) atoms. The third kappa shape index (κ3) is 4.65. The Balaban J connectivity index is 1.59. The molecule has 0 unspecified atom stereocenters. The highest BCUT2D eigenvalue weighted by atomic mass is 19.1. The maximum Gasteiger partial charge on any atom is 0.335 e. The van der Waals surface area contributed by atoms with E-state index in [1.807, 2.05) is 0 Å². The highest BCUT2D eigenvalue weighted by Crippen LogP contribution is 2.26. The number of nitro groups is 1. The Morgan fingerprint density at radius 3 is 2.32 bits per heavy atom. The second-order valence-electron chi connectivity index (χ2n) is 7.18. The molecular weight excluding hydrogens is 445 g/mol. The highest BCUT2D eigenvalue weighted by Gasteiger charge is 2.37. The van der Waals surface area contributed by atoms with Gasteiger partial charge in [0.05, 0.1) is 10.6 Å². The molecule has 1 N–H and O–H groups in total. The van der Waals surface area contributed by atoms with Crippen LogP contribution in [-0.2, 0) is 16.2 Å².